The summed E-state index contributed by atoms with van der Waals surface area (Å²) in [4.78, 5) is 12.4. The van der Waals surface area contributed by atoms with E-state index in [0.717, 1.165) is 16.7 Å². The normalized spacial score (nSPS) is 10.4. The van der Waals surface area contributed by atoms with Crippen molar-refractivity contribution in [2.24, 2.45) is 0 Å². The molecule has 4 nitrogen and oxygen atoms in total. The molecule has 0 fully saturated rings. The van der Waals surface area contributed by atoms with Crippen molar-refractivity contribution >= 4 is 5.91 Å². The highest BCUT2D eigenvalue weighted by molar-refractivity contribution is 5.97. The highest BCUT2D eigenvalue weighted by Gasteiger charge is 2.14. The SMILES string of the molecule is COc1cc(C)c(C)cc1C(=O)NCc1ccc(C)cc1O. The highest BCUT2D eigenvalue weighted by Crippen LogP contribution is 2.23. The Kier molecular flexibility index (Phi) is 4.71. The second kappa shape index (κ2) is 6.52. The number of nitrogens with one attached hydrogen (secondary N) is 1. The van der Waals surface area contributed by atoms with E-state index in [1.165, 1.54) is 0 Å². The number of aryl methyl sites for hydroxylation is 3. The molecular weight excluding hydrogens is 278 g/mol. The first kappa shape index (κ1) is 15.9. The molecule has 0 spiro atoms. The summed E-state index contributed by atoms with van der Waals surface area (Å²) in [7, 11) is 1.55. The smallest absolute Gasteiger partial charge is 0.255 e. The number of hydrogen-bond acceptors (Lipinski definition) is 3. The van der Waals surface area contributed by atoms with E-state index >= 15 is 0 Å². The number of ether oxygens (including phenoxy) is 1. The molecule has 22 heavy (non-hydrogen) atoms. The molecule has 2 rings (SSSR count). The average Bonchev–Trinajstić information content (AvgIpc) is 2.48. The molecule has 0 aliphatic rings. The van der Waals surface area contributed by atoms with Crippen molar-refractivity contribution < 1.29 is 14.6 Å². The maximum absolute atomic E-state index is 12.4. The molecule has 4 heteroatoms. The van der Waals surface area contributed by atoms with Crippen molar-refractivity contribution in [1.82, 2.24) is 5.32 Å². The number of phenols is 1. The molecule has 0 atom stereocenters. The van der Waals surface area contributed by atoms with Crippen molar-refractivity contribution in [3.05, 3.63) is 58.1 Å². The number of hydrogen-bond donors (Lipinski definition) is 2. The third kappa shape index (κ3) is 3.39. The molecule has 0 unspecified atom stereocenters. The number of aromatic hydroxyl groups is 1. The van der Waals surface area contributed by atoms with Gasteiger partial charge in [-0.15, -0.1) is 0 Å². The molecule has 0 bridgehead atoms. The summed E-state index contributed by atoms with van der Waals surface area (Å²) in [6.07, 6.45) is 0. The molecule has 0 radical (unpaired) electrons. The highest BCUT2D eigenvalue weighted by atomic mass is 16.5. The van der Waals surface area contributed by atoms with Crippen LogP contribution in [0.4, 0.5) is 0 Å². The maximum Gasteiger partial charge on any atom is 0.255 e. The Bertz CT molecular complexity index is 708. The maximum atomic E-state index is 12.4. The number of amides is 1. The fourth-order valence-electron chi connectivity index (χ4n) is 2.23. The first-order chi connectivity index (χ1) is 10.4. The predicted molar refractivity (Wildman–Crippen MR) is 86.5 cm³/mol. The molecule has 2 N–H and O–H groups in total. The summed E-state index contributed by atoms with van der Waals surface area (Å²) in [5, 5.41) is 12.7. The lowest BCUT2D eigenvalue weighted by molar-refractivity contribution is 0.0947. The van der Waals surface area contributed by atoms with Crippen molar-refractivity contribution in [1.29, 1.82) is 0 Å². The van der Waals surface area contributed by atoms with Gasteiger partial charge in [-0.2, -0.15) is 0 Å². The summed E-state index contributed by atoms with van der Waals surface area (Å²) in [6, 6.07) is 9.06. The van der Waals surface area contributed by atoms with Crippen molar-refractivity contribution in [2.75, 3.05) is 7.11 Å². The van der Waals surface area contributed by atoms with Gasteiger partial charge >= 0.3 is 0 Å². The van der Waals surface area contributed by atoms with Gasteiger partial charge < -0.3 is 15.2 Å². The Morgan fingerprint density at radius 2 is 1.82 bits per heavy atom. The van der Waals surface area contributed by atoms with Gasteiger partial charge in [0.15, 0.2) is 0 Å². The van der Waals surface area contributed by atoms with Gasteiger partial charge in [-0.25, -0.2) is 0 Å². The zero-order valence-electron chi connectivity index (χ0n) is 13.4. The Labute approximate surface area is 130 Å². The number of methoxy groups -OCH3 is 1. The molecule has 0 aliphatic carbocycles. The van der Waals surface area contributed by atoms with E-state index in [0.29, 0.717) is 16.9 Å². The number of phenolic OH excluding ortho intramolecular Hbond substituents is 1. The lowest BCUT2D eigenvalue weighted by Gasteiger charge is -2.12. The van der Waals surface area contributed by atoms with Crippen LogP contribution in [0, 0.1) is 20.8 Å². The van der Waals surface area contributed by atoms with E-state index in [2.05, 4.69) is 5.32 Å². The summed E-state index contributed by atoms with van der Waals surface area (Å²) in [6.45, 7) is 6.10. The fraction of sp³-hybridized carbons (Fsp3) is 0.278. The van der Waals surface area contributed by atoms with Crippen LogP contribution in [0.1, 0.15) is 32.6 Å². The molecule has 116 valence electrons. The number of carbonyl (C=O) groups is 1. The van der Waals surface area contributed by atoms with Gasteiger partial charge in [0.25, 0.3) is 5.91 Å². The van der Waals surface area contributed by atoms with Crippen LogP contribution in [-0.2, 0) is 6.54 Å². The van der Waals surface area contributed by atoms with Crippen LogP contribution >= 0.6 is 0 Å². The van der Waals surface area contributed by atoms with E-state index in [1.54, 1.807) is 13.2 Å². The summed E-state index contributed by atoms with van der Waals surface area (Å²) in [5.74, 6) is 0.515. The largest absolute Gasteiger partial charge is 0.508 e. The van der Waals surface area contributed by atoms with Gasteiger partial charge in [-0.3, -0.25) is 4.79 Å². The van der Waals surface area contributed by atoms with Gasteiger partial charge in [0.05, 0.1) is 12.7 Å². The molecule has 0 heterocycles. The monoisotopic (exact) mass is 299 g/mol. The van der Waals surface area contributed by atoms with Crippen LogP contribution in [0.2, 0.25) is 0 Å². The number of rotatable bonds is 4. The van der Waals surface area contributed by atoms with Gasteiger partial charge in [-0.1, -0.05) is 12.1 Å². The Balaban J connectivity index is 2.17. The van der Waals surface area contributed by atoms with E-state index in [-0.39, 0.29) is 18.2 Å². The molecule has 0 aliphatic heterocycles. The first-order valence-corrected chi connectivity index (χ1v) is 7.14. The minimum absolute atomic E-state index is 0.187. The van der Waals surface area contributed by atoms with Crippen LogP contribution in [0.5, 0.6) is 11.5 Å². The summed E-state index contributed by atoms with van der Waals surface area (Å²) in [5.41, 5.74) is 4.26. The first-order valence-electron chi connectivity index (χ1n) is 7.14. The van der Waals surface area contributed by atoms with Crippen LogP contribution in [0.25, 0.3) is 0 Å². The molecule has 0 saturated heterocycles. The number of carbonyl (C=O) groups excluding carboxylic acids is 1. The van der Waals surface area contributed by atoms with E-state index in [9.17, 15) is 9.90 Å². The third-order valence-electron chi connectivity index (χ3n) is 3.74. The lowest BCUT2D eigenvalue weighted by Crippen LogP contribution is -2.23. The topological polar surface area (TPSA) is 58.6 Å². The van der Waals surface area contributed by atoms with E-state index < -0.39 is 0 Å². The van der Waals surface area contributed by atoms with Crippen molar-refractivity contribution in [3.63, 3.8) is 0 Å². The van der Waals surface area contributed by atoms with Crippen LogP contribution in [0.3, 0.4) is 0 Å². The molecule has 2 aromatic rings. The van der Waals surface area contributed by atoms with Crippen molar-refractivity contribution in [2.45, 2.75) is 27.3 Å². The van der Waals surface area contributed by atoms with Crippen LogP contribution in [-0.4, -0.2) is 18.1 Å². The minimum Gasteiger partial charge on any atom is -0.508 e. The van der Waals surface area contributed by atoms with Gasteiger partial charge in [-0.05, 0) is 55.7 Å². The Morgan fingerprint density at radius 1 is 1.14 bits per heavy atom. The third-order valence-corrected chi connectivity index (χ3v) is 3.74. The summed E-state index contributed by atoms with van der Waals surface area (Å²) >= 11 is 0. The molecule has 0 aromatic heterocycles. The molecule has 0 saturated carbocycles. The summed E-state index contributed by atoms with van der Waals surface area (Å²) < 4.78 is 5.28. The zero-order valence-corrected chi connectivity index (χ0v) is 13.4. The number of benzene rings is 2. The lowest BCUT2D eigenvalue weighted by atomic mass is 10.0. The zero-order chi connectivity index (χ0) is 16.3. The van der Waals surface area contributed by atoms with Gasteiger partial charge in [0.1, 0.15) is 11.5 Å². The van der Waals surface area contributed by atoms with Crippen LogP contribution in [0.15, 0.2) is 30.3 Å². The van der Waals surface area contributed by atoms with E-state index in [1.807, 2.05) is 45.0 Å². The Hall–Kier alpha value is -2.49. The molecule has 2 aromatic carbocycles. The quantitative estimate of drug-likeness (QED) is 0.911. The van der Waals surface area contributed by atoms with Crippen LogP contribution < -0.4 is 10.1 Å². The van der Waals surface area contributed by atoms with Crippen molar-refractivity contribution in [3.8, 4) is 11.5 Å². The van der Waals surface area contributed by atoms with Gasteiger partial charge in [0.2, 0.25) is 0 Å². The fourth-order valence-corrected chi connectivity index (χ4v) is 2.23. The average molecular weight is 299 g/mol. The van der Waals surface area contributed by atoms with Gasteiger partial charge in [0, 0.05) is 12.1 Å². The molecule has 1 amide bonds. The second-order valence-corrected chi connectivity index (χ2v) is 5.45. The standard InChI is InChI=1S/C18H21NO3/c1-11-5-6-14(16(20)7-11)10-19-18(21)15-8-12(2)13(3)9-17(15)22-4/h5-9,20H,10H2,1-4H3,(H,19,21). The van der Waals surface area contributed by atoms with E-state index in [4.69, 9.17) is 4.74 Å². The second-order valence-electron chi connectivity index (χ2n) is 5.45. The molecular formula is C18H21NO3. The Morgan fingerprint density at radius 3 is 2.45 bits per heavy atom. The predicted octanol–water partition coefficient (Wildman–Crippen LogP) is 3.26. The minimum atomic E-state index is -0.222.